The van der Waals surface area contributed by atoms with Crippen LogP contribution < -0.4 is 5.56 Å². The van der Waals surface area contributed by atoms with Crippen molar-refractivity contribution in [2.24, 2.45) is 0 Å². The number of amides is 1. The summed E-state index contributed by atoms with van der Waals surface area (Å²) in [5, 5.41) is 10.6. The lowest BCUT2D eigenvalue weighted by molar-refractivity contribution is -0.0494. The van der Waals surface area contributed by atoms with Gasteiger partial charge in [0.15, 0.2) is 0 Å². The minimum atomic E-state index is -2.68. The molecule has 152 valence electrons. The number of thiophene rings is 1. The Kier molecular flexibility index (Phi) is 4.39. The number of carbonyl (C=O) groups excluding carboxylic acids is 1. The molecule has 1 amide bonds. The lowest BCUT2D eigenvalue weighted by Crippen LogP contribution is -2.42. The first kappa shape index (κ1) is 18.9. The zero-order chi connectivity index (χ0) is 20.9. The SMILES string of the molecule is O=C(c1ccc2c(-c3ccc4c(=O)[nH]ncc4c3)csc2c1)N1CCC(F)(F)CC1. The van der Waals surface area contributed by atoms with Gasteiger partial charge in [-0.3, -0.25) is 9.59 Å². The summed E-state index contributed by atoms with van der Waals surface area (Å²) in [4.78, 5) is 26.1. The van der Waals surface area contributed by atoms with Crippen molar-refractivity contribution >= 4 is 38.1 Å². The van der Waals surface area contributed by atoms with E-state index in [1.165, 1.54) is 16.2 Å². The number of alkyl halides is 2. The van der Waals surface area contributed by atoms with Crippen molar-refractivity contribution in [1.29, 1.82) is 0 Å². The Bertz CT molecular complexity index is 1340. The number of hydrogen-bond acceptors (Lipinski definition) is 4. The zero-order valence-corrected chi connectivity index (χ0v) is 16.6. The molecule has 0 aliphatic carbocycles. The van der Waals surface area contributed by atoms with Crippen LogP contribution in [0.2, 0.25) is 0 Å². The van der Waals surface area contributed by atoms with Crippen molar-refractivity contribution in [3.05, 3.63) is 63.9 Å². The number of fused-ring (bicyclic) bond motifs is 2. The Morgan fingerprint density at radius 3 is 2.67 bits per heavy atom. The molecule has 0 spiro atoms. The average molecular weight is 425 g/mol. The van der Waals surface area contributed by atoms with E-state index in [9.17, 15) is 18.4 Å². The summed E-state index contributed by atoms with van der Waals surface area (Å²) >= 11 is 1.52. The maximum absolute atomic E-state index is 13.4. The maximum atomic E-state index is 13.4. The van der Waals surface area contributed by atoms with Gasteiger partial charge in [-0.25, -0.2) is 13.9 Å². The minimum Gasteiger partial charge on any atom is -0.338 e. The Morgan fingerprint density at radius 1 is 1.10 bits per heavy atom. The van der Waals surface area contributed by atoms with Gasteiger partial charge in [0.2, 0.25) is 0 Å². The van der Waals surface area contributed by atoms with Crippen LogP contribution in [0.1, 0.15) is 23.2 Å². The molecule has 0 saturated carbocycles. The molecule has 0 atom stereocenters. The molecule has 1 aliphatic rings. The van der Waals surface area contributed by atoms with Crippen molar-refractivity contribution in [2.75, 3.05) is 13.1 Å². The van der Waals surface area contributed by atoms with Crippen molar-refractivity contribution in [3.63, 3.8) is 0 Å². The number of H-pyrrole nitrogens is 1. The summed E-state index contributed by atoms with van der Waals surface area (Å²) in [5.74, 6) is -2.89. The van der Waals surface area contributed by atoms with E-state index in [-0.39, 0.29) is 37.4 Å². The van der Waals surface area contributed by atoms with E-state index in [1.54, 1.807) is 18.3 Å². The second kappa shape index (κ2) is 6.98. The van der Waals surface area contributed by atoms with Gasteiger partial charge in [0, 0.05) is 52.5 Å². The number of rotatable bonds is 2. The standard InChI is InChI=1S/C22H17F2N3O2S/c23-22(24)5-7-27(8-6-22)21(29)14-2-4-17-18(12-30-19(17)10-14)13-1-3-16-15(9-13)11-25-26-20(16)28/h1-4,9-12H,5-8H2,(H,26,28). The van der Waals surface area contributed by atoms with Crippen molar-refractivity contribution in [1.82, 2.24) is 15.1 Å². The minimum absolute atomic E-state index is 0.0732. The molecule has 4 aromatic rings. The number of benzene rings is 2. The van der Waals surface area contributed by atoms with E-state index >= 15 is 0 Å². The number of aromatic amines is 1. The largest absolute Gasteiger partial charge is 0.338 e. The van der Waals surface area contributed by atoms with Crippen molar-refractivity contribution in [3.8, 4) is 11.1 Å². The Hall–Kier alpha value is -3.13. The molecule has 1 aliphatic heterocycles. The van der Waals surface area contributed by atoms with Crippen LogP contribution in [-0.2, 0) is 0 Å². The normalized spacial score (nSPS) is 16.3. The Morgan fingerprint density at radius 2 is 1.87 bits per heavy atom. The van der Waals surface area contributed by atoms with Crippen molar-refractivity contribution < 1.29 is 13.6 Å². The van der Waals surface area contributed by atoms with Crippen LogP contribution in [0.15, 0.2) is 52.8 Å². The highest BCUT2D eigenvalue weighted by molar-refractivity contribution is 7.17. The molecule has 0 radical (unpaired) electrons. The fraction of sp³-hybridized carbons (Fsp3) is 0.227. The van der Waals surface area contributed by atoms with Crippen LogP contribution in [0.4, 0.5) is 8.78 Å². The first-order valence-electron chi connectivity index (χ1n) is 9.57. The van der Waals surface area contributed by atoms with E-state index in [0.29, 0.717) is 10.9 Å². The molecule has 1 saturated heterocycles. The second-order valence-electron chi connectivity index (χ2n) is 7.51. The lowest BCUT2D eigenvalue weighted by atomic mass is 10.0. The molecule has 8 heteroatoms. The van der Waals surface area contributed by atoms with Gasteiger partial charge < -0.3 is 4.90 Å². The predicted molar refractivity (Wildman–Crippen MR) is 113 cm³/mol. The van der Waals surface area contributed by atoms with Crippen LogP contribution in [0, 0.1) is 0 Å². The molecular formula is C22H17F2N3O2S. The number of likely N-dealkylation sites (tertiary alicyclic amines) is 1. The second-order valence-corrected chi connectivity index (χ2v) is 8.42. The monoisotopic (exact) mass is 425 g/mol. The van der Waals surface area contributed by atoms with Crippen LogP contribution in [0.5, 0.6) is 0 Å². The molecule has 5 nitrogen and oxygen atoms in total. The first-order chi connectivity index (χ1) is 14.4. The van der Waals surface area contributed by atoms with Gasteiger partial charge >= 0.3 is 0 Å². The van der Waals surface area contributed by atoms with E-state index in [1.807, 2.05) is 29.6 Å². The maximum Gasteiger partial charge on any atom is 0.272 e. The number of hydrogen-bond donors (Lipinski definition) is 1. The number of nitrogens with zero attached hydrogens (tertiary/aromatic N) is 2. The molecule has 3 heterocycles. The number of aromatic nitrogens is 2. The average Bonchev–Trinajstić information content (AvgIpc) is 3.16. The summed E-state index contributed by atoms with van der Waals surface area (Å²) in [6.45, 7) is 0.146. The number of carbonyl (C=O) groups is 1. The van der Waals surface area contributed by atoms with Gasteiger partial charge in [-0.05, 0) is 35.2 Å². The van der Waals surface area contributed by atoms with Crippen molar-refractivity contribution in [2.45, 2.75) is 18.8 Å². The zero-order valence-electron chi connectivity index (χ0n) is 15.8. The molecule has 1 fully saturated rings. The highest BCUT2D eigenvalue weighted by atomic mass is 32.1. The molecule has 30 heavy (non-hydrogen) atoms. The third-order valence-corrected chi connectivity index (χ3v) is 6.53. The van der Waals surface area contributed by atoms with Crippen LogP contribution in [-0.4, -0.2) is 40.0 Å². The predicted octanol–water partition coefficient (Wildman–Crippen LogP) is 4.68. The molecule has 0 bridgehead atoms. The first-order valence-corrected chi connectivity index (χ1v) is 10.5. The molecule has 5 rings (SSSR count). The third-order valence-electron chi connectivity index (χ3n) is 5.58. The van der Waals surface area contributed by atoms with E-state index in [2.05, 4.69) is 10.2 Å². The van der Waals surface area contributed by atoms with E-state index in [4.69, 9.17) is 0 Å². The summed E-state index contributed by atoms with van der Waals surface area (Å²) in [5.41, 5.74) is 2.25. The highest BCUT2D eigenvalue weighted by Crippen LogP contribution is 2.36. The van der Waals surface area contributed by atoms with Gasteiger partial charge in [-0.15, -0.1) is 11.3 Å². The lowest BCUT2D eigenvalue weighted by Gasteiger charge is -2.31. The fourth-order valence-corrected chi connectivity index (χ4v) is 4.88. The Balaban J connectivity index is 1.47. The van der Waals surface area contributed by atoms with E-state index in [0.717, 1.165) is 26.6 Å². The Labute approximate surface area is 173 Å². The highest BCUT2D eigenvalue weighted by Gasteiger charge is 2.35. The van der Waals surface area contributed by atoms with Gasteiger partial charge in [-0.2, -0.15) is 5.10 Å². The number of halogens is 2. The summed E-state index contributed by atoms with van der Waals surface area (Å²) in [7, 11) is 0. The van der Waals surface area contributed by atoms with Gasteiger partial charge in [-0.1, -0.05) is 12.1 Å². The molecule has 2 aromatic heterocycles. The third kappa shape index (κ3) is 3.27. The molecular weight excluding hydrogens is 408 g/mol. The quantitative estimate of drug-likeness (QED) is 0.507. The van der Waals surface area contributed by atoms with Gasteiger partial charge in [0.05, 0.1) is 11.6 Å². The van der Waals surface area contributed by atoms with Crippen LogP contribution in [0.25, 0.3) is 32.0 Å². The van der Waals surface area contributed by atoms with Crippen LogP contribution in [0.3, 0.4) is 0 Å². The molecule has 0 unspecified atom stereocenters. The number of piperidine rings is 1. The van der Waals surface area contributed by atoms with Crippen LogP contribution >= 0.6 is 11.3 Å². The fourth-order valence-electron chi connectivity index (χ4n) is 3.87. The van der Waals surface area contributed by atoms with E-state index < -0.39 is 5.92 Å². The summed E-state index contributed by atoms with van der Waals surface area (Å²) in [6, 6.07) is 11.1. The van der Waals surface area contributed by atoms with Gasteiger partial charge in [0.25, 0.3) is 17.4 Å². The topological polar surface area (TPSA) is 66.1 Å². The molecule has 1 N–H and O–H groups in total. The van der Waals surface area contributed by atoms with Gasteiger partial charge in [0.1, 0.15) is 0 Å². The smallest absolute Gasteiger partial charge is 0.272 e. The number of nitrogens with one attached hydrogen (secondary N) is 1. The summed E-state index contributed by atoms with van der Waals surface area (Å²) in [6.07, 6.45) is 1.04. The molecule has 2 aromatic carbocycles. The summed E-state index contributed by atoms with van der Waals surface area (Å²) < 4.78 is 27.7.